The van der Waals surface area contributed by atoms with Gasteiger partial charge in [-0.15, -0.1) is 0 Å². The van der Waals surface area contributed by atoms with E-state index >= 15 is 0 Å². The van der Waals surface area contributed by atoms with Crippen molar-refractivity contribution in [1.82, 2.24) is 14.8 Å². The van der Waals surface area contributed by atoms with Gasteiger partial charge in [0, 0.05) is 20.1 Å². The average Bonchev–Trinajstić information content (AvgIpc) is 2.52. The summed E-state index contributed by atoms with van der Waals surface area (Å²) in [5, 5.41) is 13.9. The minimum atomic E-state index is -0.583. The van der Waals surface area contributed by atoms with Crippen LogP contribution in [0.1, 0.15) is 26.6 Å². The molecule has 0 aliphatic heterocycles. The lowest BCUT2D eigenvalue weighted by atomic mass is 9.98. The van der Waals surface area contributed by atoms with Crippen molar-refractivity contribution in [1.29, 1.82) is 0 Å². The number of rotatable bonds is 5. The molecule has 0 saturated heterocycles. The predicted octanol–water partition coefficient (Wildman–Crippen LogP) is 0.534. The van der Waals surface area contributed by atoms with E-state index in [1.54, 1.807) is 4.68 Å². The van der Waals surface area contributed by atoms with Gasteiger partial charge in [-0.3, -0.25) is 4.68 Å². The fraction of sp³-hybridized carbons (Fsp3) is 0.800. The molecule has 15 heavy (non-hydrogen) atoms. The number of ether oxygens (including phenoxy) is 1. The van der Waals surface area contributed by atoms with Crippen LogP contribution in [0.4, 0.5) is 0 Å². The van der Waals surface area contributed by atoms with E-state index in [1.165, 1.54) is 6.33 Å². The maximum Gasteiger partial charge on any atom is 0.138 e. The van der Waals surface area contributed by atoms with Crippen molar-refractivity contribution < 1.29 is 9.84 Å². The van der Waals surface area contributed by atoms with Gasteiger partial charge in [-0.1, -0.05) is 0 Å². The molecule has 0 amide bonds. The van der Waals surface area contributed by atoms with Crippen LogP contribution < -0.4 is 0 Å². The van der Waals surface area contributed by atoms with Gasteiger partial charge < -0.3 is 9.84 Å². The molecule has 1 N–H and O–H groups in total. The molecule has 1 atom stereocenters. The van der Waals surface area contributed by atoms with Gasteiger partial charge in [-0.05, 0) is 20.8 Å². The maximum atomic E-state index is 10.00. The molecular formula is C10H19N3O2. The third kappa shape index (κ3) is 3.00. The predicted molar refractivity (Wildman–Crippen MR) is 56.4 cm³/mol. The normalized spacial score (nSPS) is 14.2. The number of aromatic nitrogens is 3. The summed E-state index contributed by atoms with van der Waals surface area (Å²) in [5.74, 6) is 0.760. The van der Waals surface area contributed by atoms with Crippen LogP contribution in [-0.4, -0.2) is 38.2 Å². The van der Waals surface area contributed by atoms with Crippen molar-refractivity contribution in [3.63, 3.8) is 0 Å². The summed E-state index contributed by atoms with van der Waals surface area (Å²) in [5.41, 5.74) is -0.555. The third-order valence-electron chi connectivity index (χ3n) is 2.50. The molecule has 0 fully saturated rings. The molecular weight excluding hydrogens is 194 g/mol. The molecule has 0 spiro atoms. The van der Waals surface area contributed by atoms with E-state index < -0.39 is 11.7 Å². The van der Waals surface area contributed by atoms with E-state index in [9.17, 15) is 5.11 Å². The zero-order valence-corrected chi connectivity index (χ0v) is 9.77. The van der Waals surface area contributed by atoms with Gasteiger partial charge in [0.15, 0.2) is 0 Å². The Morgan fingerprint density at radius 3 is 2.73 bits per heavy atom. The van der Waals surface area contributed by atoms with Crippen LogP contribution in [0.3, 0.4) is 0 Å². The number of nitrogens with zero attached hydrogens (tertiary/aromatic N) is 3. The molecule has 1 rings (SSSR count). The smallest absolute Gasteiger partial charge is 0.138 e. The molecule has 0 bridgehead atoms. The molecule has 0 aliphatic rings. The average molecular weight is 213 g/mol. The number of aryl methyl sites for hydroxylation is 1. The second-order valence-electron chi connectivity index (χ2n) is 4.06. The highest BCUT2D eigenvalue weighted by Gasteiger charge is 2.29. The molecule has 5 heteroatoms. The summed E-state index contributed by atoms with van der Waals surface area (Å²) in [7, 11) is 1.81. The highest BCUT2D eigenvalue weighted by molar-refractivity contribution is 4.92. The first-order valence-electron chi connectivity index (χ1n) is 5.12. The highest BCUT2D eigenvalue weighted by Crippen LogP contribution is 2.17. The molecule has 1 aromatic rings. The van der Waals surface area contributed by atoms with Crippen LogP contribution in [0, 0.1) is 0 Å². The summed E-state index contributed by atoms with van der Waals surface area (Å²) < 4.78 is 7.13. The zero-order valence-electron chi connectivity index (χ0n) is 9.77. The summed E-state index contributed by atoms with van der Waals surface area (Å²) in [6.45, 7) is 6.24. The van der Waals surface area contributed by atoms with Gasteiger partial charge in [0.1, 0.15) is 12.2 Å². The first-order chi connectivity index (χ1) is 6.97. The van der Waals surface area contributed by atoms with Crippen molar-refractivity contribution >= 4 is 0 Å². The quantitative estimate of drug-likeness (QED) is 0.775. The minimum absolute atomic E-state index is 0.448. The largest absolute Gasteiger partial charge is 0.390 e. The summed E-state index contributed by atoms with van der Waals surface area (Å²) in [6.07, 6.45) is 1.35. The Labute approximate surface area is 90.1 Å². The third-order valence-corrected chi connectivity index (χ3v) is 2.50. The molecule has 1 unspecified atom stereocenters. The van der Waals surface area contributed by atoms with Crippen molar-refractivity contribution in [2.45, 2.75) is 38.9 Å². The summed E-state index contributed by atoms with van der Waals surface area (Å²) >= 11 is 0. The maximum absolute atomic E-state index is 10.00. The van der Waals surface area contributed by atoms with Gasteiger partial charge in [0.25, 0.3) is 0 Å². The SMILES string of the molecule is CCOC(C)(C)C(O)Cc1ncnn1C. The van der Waals surface area contributed by atoms with Gasteiger partial charge in [0.05, 0.1) is 11.7 Å². The Balaban J connectivity index is 2.63. The van der Waals surface area contributed by atoms with Gasteiger partial charge in [-0.2, -0.15) is 5.10 Å². The fourth-order valence-electron chi connectivity index (χ4n) is 1.39. The van der Waals surface area contributed by atoms with E-state index in [0.717, 1.165) is 5.82 Å². The molecule has 86 valence electrons. The van der Waals surface area contributed by atoms with Gasteiger partial charge >= 0.3 is 0 Å². The van der Waals surface area contributed by atoms with Crippen molar-refractivity contribution in [2.75, 3.05) is 6.61 Å². The van der Waals surface area contributed by atoms with E-state index in [1.807, 2.05) is 27.8 Å². The Bertz CT molecular complexity index is 309. The number of hydrogen-bond acceptors (Lipinski definition) is 4. The van der Waals surface area contributed by atoms with Crippen LogP contribution in [0.5, 0.6) is 0 Å². The monoisotopic (exact) mass is 213 g/mol. The van der Waals surface area contributed by atoms with Crippen molar-refractivity contribution in [3.8, 4) is 0 Å². The van der Waals surface area contributed by atoms with E-state index in [4.69, 9.17) is 4.74 Å². The van der Waals surface area contributed by atoms with E-state index in [-0.39, 0.29) is 0 Å². The second-order valence-corrected chi connectivity index (χ2v) is 4.06. The highest BCUT2D eigenvalue weighted by atomic mass is 16.5. The van der Waals surface area contributed by atoms with Crippen molar-refractivity contribution in [2.24, 2.45) is 7.05 Å². The second kappa shape index (κ2) is 4.72. The van der Waals surface area contributed by atoms with E-state index in [2.05, 4.69) is 10.1 Å². The Morgan fingerprint density at radius 2 is 2.27 bits per heavy atom. The number of aliphatic hydroxyl groups excluding tert-OH is 1. The van der Waals surface area contributed by atoms with Crippen LogP contribution in [0.25, 0.3) is 0 Å². The lowest BCUT2D eigenvalue weighted by molar-refractivity contribution is -0.0963. The molecule has 1 aromatic heterocycles. The van der Waals surface area contributed by atoms with Crippen LogP contribution >= 0.6 is 0 Å². The molecule has 0 saturated carbocycles. The first kappa shape index (κ1) is 12.1. The molecule has 0 aliphatic carbocycles. The Morgan fingerprint density at radius 1 is 1.60 bits per heavy atom. The summed E-state index contributed by atoms with van der Waals surface area (Å²) in [4.78, 5) is 4.07. The molecule has 0 radical (unpaired) electrons. The first-order valence-corrected chi connectivity index (χ1v) is 5.12. The molecule has 5 nitrogen and oxygen atoms in total. The van der Waals surface area contributed by atoms with Crippen molar-refractivity contribution in [3.05, 3.63) is 12.2 Å². The Hall–Kier alpha value is -0.940. The lowest BCUT2D eigenvalue weighted by Crippen LogP contribution is -2.41. The van der Waals surface area contributed by atoms with Gasteiger partial charge in [-0.25, -0.2) is 4.98 Å². The summed E-state index contributed by atoms with van der Waals surface area (Å²) in [6, 6.07) is 0. The molecule has 1 heterocycles. The standard InChI is InChI=1S/C10H19N3O2/c1-5-15-10(2,3)8(14)6-9-11-7-12-13(9)4/h7-8,14H,5-6H2,1-4H3. The molecule has 0 aromatic carbocycles. The van der Waals surface area contributed by atoms with Gasteiger partial charge in [0.2, 0.25) is 0 Å². The number of aliphatic hydroxyl groups is 1. The van der Waals surface area contributed by atoms with Crippen LogP contribution in [0.15, 0.2) is 6.33 Å². The topological polar surface area (TPSA) is 60.2 Å². The zero-order chi connectivity index (χ0) is 11.5. The fourth-order valence-corrected chi connectivity index (χ4v) is 1.39. The lowest BCUT2D eigenvalue weighted by Gasteiger charge is -2.30. The Kier molecular flexibility index (Phi) is 3.82. The number of hydrogen-bond donors (Lipinski definition) is 1. The van der Waals surface area contributed by atoms with Crippen LogP contribution in [0.2, 0.25) is 0 Å². The van der Waals surface area contributed by atoms with Crippen LogP contribution in [-0.2, 0) is 18.2 Å². The minimum Gasteiger partial charge on any atom is -0.390 e. The van der Waals surface area contributed by atoms with E-state index in [0.29, 0.717) is 13.0 Å².